The Morgan fingerprint density at radius 1 is 1.40 bits per heavy atom. The van der Waals surface area contributed by atoms with Gasteiger partial charge in [-0.2, -0.15) is 0 Å². The SMILES string of the molecule is COC[C@H](C)[NH2+]Cc1cc(=O)oc2cc(C)c(Cl)cc12. The van der Waals surface area contributed by atoms with E-state index in [1.807, 2.05) is 13.0 Å². The summed E-state index contributed by atoms with van der Waals surface area (Å²) >= 11 is 6.16. The van der Waals surface area contributed by atoms with E-state index in [0.29, 0.717) is 29.8 Å². The lowest BCUT2D eigenvalue weighted by Gasteiger charge is -2.11. The number of halogens is 1. The Kier molecular flexibility index (Phi) is 4.81. The molecule has 108 valence electrons. The fourth-order valence-corrected chi connectivity index (χ4v) is 2.34. The minimum Gasteiger partial charge on any atom is -0.423 e. The molecule has 0 radical (unpaired) electrons. The molecule has 0 aliphatic heterocycles. The molecule has 2 rings (SSSR count). The molecule has 5 heteroatoms. The number of nitrogens with two attached hydrogens (primary N) is 1. The maximum absolute atomic E-state index is 11.6. The van der Waals surface area contributed by atoms with Gasteiger partial charge in [0.05, 0.1) is 6.61 Å². The highest BCUT2D eigenvalue weighted by molar-refractivity contribution is 6.32. The second kappa shape index (κ2) is 6.39. The van der Waals surface area contributed by atoms with Crippen LogP contribution < -0.4 is 10.9 Å². The standard InChI is InChI=1S/C15H18ClNO3/c1-9-4-14-12(6-13(9)16)11(5-15(18)20-14)7-17-10(2)8-19-3/h4-6,10,17H,7-8H2,1-3H3/p+1/t10-/m0/s1. The Morgan fingerprint density at radius 3 is 2.85 bits per heavy atom. The zero-order valence-electron chi connectivity index (χ0n) is 11.9. The first-order valence-electron chi connectivity index (χ1n) is 6.56. The Bertz CT molecular complexity index is 666. The summed E-state index contributed by atoms with van der Waals surface area (Å²) in [6.07, 6.45) is 0. The number of benzene rings is 1. The van der Waals surface area contributed by atoms with Crippen LogP contribution >= 0.6 is 11.6 Å². The van der Waals surface area contributed by atoms with Gasteiger partial charge in [0.25, 0.3) is 0 Å². The first-order chi connectivity index (χ1) is 9.51. The van der Waals surface area contributed by atoms with Gasteiger partial charge in [-0.1, -0.05) is 11.6 Å². The molecule has 1 aromatic carbocycles. The molecule has 0 aliphatic carbocycles. The van der Waals surface area contributed by atoms with E-state index in [0.717, 1.165) is 16.5 Å². The van der Waals surface area contributed by atoms with E-state index in [-0.39, 0.29) is 5.63 Å². The monoisotopic (exact) mass is 296 g/mol. The van der Waals surface area contributed by atoms with Crippen molar-refractivity contribution in [2.75, 3.05) is 13.7 Å². The van der Waals surface area contributed by atoms with Crippen LogP contribution in [0, 0.1) is 6.92 Å². The lowest BCUT2D eigenvalue weighted by atomic mass is 10.1. The fourth-order valence-electron chi connectivity index (χ4n) is 2.18. The quantitative estimate of drug-likeness (QED) is 0.857. The van der Waals surface area contributed by atoms with Crippen LogP contribution in [0.1, 0.15) is 18.1 Å². The zero-order chi connectivity index (χ0) is 14.7. The van der Waals surface area contributed by atoms with E-state index in [9.17, 15) is 4.79 Å². The van der Waals surface area contributed by atoms with E-state index in [1.54, 1.807) is 13.2 Å². The molecule has 1 aromatic heterocycles. The van der Waals surface area contributed by atoms with E-state index >= 15 is 0 Å². The number of quaternary nitrogens is 1. The summed E-state index contributed by atoms with van der Waals surface area (Å²) in [4.78, 5) is 11.6. The average molecular weight is 297 g/mol. The first kappa shape index (κ1) is 15.0. The molecule has 2 aromatic rings. The van der Waals surface area contributed by atoms with Crippen LogP contribution in [0.15, 0.2) is 27.4 Å². The van der Waals surface area contributed by atoms with Crippen molar-refractivity contribution in [1.82, 2.24) is 0 Å². The molecule has 0 amide bonds. The number of methoxy groups -OCH3 is 1. The highest BCUT2D eigenvalue weighted by atomic mass is 35.5. The summed E-state index contributed by atoms with van der Waals surface area (Å²) in [5.41, 5.74) is 2.08. The molecular formula is C15H19ClNO3+. The highest BCUT2D eigenvalue weighted by Gasteiger charge is 2.11. The molecule has 0 saturated heterocycles. The van der Waals surface area contributed by atoms with Crippen LogP contribution in [0.25, 0.3) is 11.0 Å². The van der Waals surface area contributed by atoms with Crippen molar-refractivity contribution >= 4 is 22.6 Å². The van der Waals surface area contributed by atoms with Crippen molar-refractivity contribution in [2.24, 2.45) is 0 Å². The second-order valence-corrected chi connectivity index (χ2v) is 5.47. The van der Waals surface area contributed by atoms with Crippen LogP contribution in [-0.4, -0.2) is 19.8 Å². The predicted molar refractivity (Wildman–Crippen MR) is 79.2 cm³/mol. The maximum Gasteiger partial charge on any atom is 0.336 e. The lowest BCUT2D eigenvalue weighted by molar-refractivity contribution is -0.702. The third kappa shape index (κ3) is 3.39. The minimum atomic E-state index is -0.331. The summed E-state index contributed by atoms with van der Waals surface area (Å²) in [6.45, 7) is 5.32. The normalized spacial score (nSPS) is 12.8. The maximum atomic E-state index is 11.6. The zero-order valence-corrected chi connectivity index (χ0v) is 12.7. The molecule has 20 heavy (non-hydrogen) atoms. The Morgan fingerprint density at radius 2 is 2.15 bits per heavy atom. The van der Waals surface area contributed by atoms with Crippen molar-refractivity contribution in [3.05, 3.63) is 44.8 Å². The fraction of sp³-hybridized carbons (Fsp3) is 0.400. The lowest BCUT2D eigenvalue weighted by Crippen LogP contribution is -2.88. The van der Waals surface area contributed by atoms with Gasteiger partial charge in [-0.25, -0.2) is 4.79 Å². The van der Waals surface area contributed by atoms with Crippen molar-refractivity contribution in [3.8, 4) is 0 Å². The molecule has 1 heterocycles. The van der Waals surface area contributed by atoms with Gasteiger partial charge in [-0.3, -0.25) is 0 Å². The third-order valence-electron chi connectivity index (χ3n) is 3.28. The second-order valence-electron chi connectivity index (χ2n) is 5.06. The molecule has 0 unspecified atom stereocenters. The minimum absolute atomic E-state index is 0.322. The van der Waals surface area contributed by atoms with E-state index in [4.69, 9.17) is 20.8 Å². The summed E-state index contributed by atoms with van der Waals surface area (Å²) in [6, 6.07) is 5.52. The Hall–Kier alpha value is -1.36. The molecule has 1 atom stereocenters. The van der Waals surface area contributed by atoms with Gasteiger partial charge >= 0.3 is 5.63 Å². The Balaban J connectivity index is 2.37. The van der Waals surface area contributed by atoms with Crippen LogP contribution in [0.2, 0.25) is 5.02 Å². The summed E-state index contributed by atoms with van der Waals surface area (Å²) in [5.74, 6) is 0. The van der Waals surface area contributed by atoms with Gasteiger partial charge in [-0.15, -0.1) is 0 Å². The van der Waals surface area contributed by atoms with Crippen molar-refractivity contribution in [2.45, 2.75) is 26.4 Å². The first-order valence-corrected chi connectivity index (χ1v) is 6.94. The summed E-state index contributed by atoms with van der Waals surface area (Å²) in [7, 11) is 1.68. The molecule has 0 aliphatic rings. The molecule has 0 fully saturated rings. The van der Waals surface area contributed by atoms with Crippen LogP contribution in [0.3, 0.4) is 0 Å². The van der Waals surface area contributed by atoms with E-state index in [1.165, 1.54) is 6.07 Å². The van der Waals surface area contributed by atoms with Gasteiger partial charge < -0.3 is 14.5 Å². The highest BCUT2D eigenvalue weighted by Crippen LogP contribution is 2.24. The number of fused-ring (bicyclic) bond motifs is 1. The molecule has 0 spiro atoms. The number of aryl methyl sites for hydroxylation is 1. The van der Waals surface area contributed by atoms with Gasteiger partial charge in [-0.05, 0) is 31.5 Å². The summed E-state index contributed by atoms with van der Waals surface area (Å²) in [5, 5.41) is 3.70. The van der Waals surface area contributed by atoms with Crippen LogP contribution in [0.5, 0.6) is 0 Å². The largest absolute Gasteiger partial charge is 0.423 e. The topological polar surface area (TPSA) is 56.0 Å². The third-order valence-corrected chi connectivity index (χ3v) is 3.69. The molecule has 4 nitrogen and oxygen atoms in total. The Labute approximate surface area is 122 Å². The molecular weight excluding hydrogens is 278 g/mol. The van der Waals surface area contributed by atoms with Crippen molar-refractivity contribution in [1.29, 1.82) is 0 Å². The number of ether oxygens (including phenoxy) is 1. The predicted octanol–water partition coefficient (Wildman–Crippen LogP) is 1.85. The van der Waals surface area contributed by atoms with E-state index < -0.39 is 0 Å². The van der Waals surface area contributed by atoms with Crippen LogP contribution in [-0.2, 0) is 11.3 Å². The van der Waals surface area contributed by atoms with Crippen molar-refractivity contribution in [3.63, 3.8) is 0 Å². The average Bonchev–Trinajstić information content (AvgIpc) is 2.38. The van der Waals surface area contributed by atoms with Gasteiger partial charge in [0.15, 0.2) is 0 Å². The van der Waals surface area contributed by atoms with Crippen LogP contribution in [0.4, 0.5) is 0 Å². The van der Waals surface area contributed by atoms with Crippen molar-refractivity contribution < 1.29 is 14.5 Å². The number of hydrogen-bond donors (Lipinski definition) is 1. The molecule has 0 bridgehead atoms. The molecule has 2 N–H and O–H groups in total. The van der Waals surface area contributed by atoms with Gasteiger partial charge in [0, 0.05) is 29.1 Å². The smallest absolute Gasteiger partial charge is 0.336 e. The van der Waals surface area contributed by atoms with E-state index in [2.05, 4.69) is 12.2 Å². The number of rotatable bonds is 5. The summed E-state index contributed by atoms with van der Waals surface area (Å²) < 4.78 is 10.3. The number of hydrogen-bond acceptors (Lipinski definition) is 3. The van der Waals surface area contributed by atoms with Gasteiger partial charge in [0.1, 0.15) is 18.2 Å². The molecule has 0 saturated carbocycles. The van der Waals surface area contributed by atoms with Gasteiger partial charge in [0.2, 0.25) is 0 Å².